The molecule has 1 fully saturated rings. The van der Waals surface area contributed by atoms with Gasteiger partial charge in [-0.2, -0.15) is 0 Å². The summed E-state index contributed by atoms with van der Waals surface area (Å²) in [6, 6.07) is 11.0. The fraction of sp³-hybridized carbons (Fsp3) is 0.667. The summed E-state index contributed by atoms with van der Waals surface area (Å²) in [6.07, 6.45) is 1.08. The van der Waals surface area contributed by atoms with Gasteiger partial charge in [0.25, 0.3) is 0 Å². The predicted octanol–water partition coefficient (Wildman–Crippen LogP) is 3.33. The van der Waals surface area contributed by atoms with Gasteiger partial charge in [-0.15, -0.1) is 5.10 Å². The highest BCUT2D eigenvalue weighted by molar-refractivity contribution is 5.14. The number of aromatic nitrogens is 4. The molecule has 0 unspecified atom stereocenters. The van der Waals surface area contributed by atoms with E-state index in [4.69, 9.17) is 0 Å². The van der Waals surface area contributed by atoms with Gasteiger partial charge in [0.1, 0.15) is 0 Å². The summed E-state index contributed by atoms with van der Waals surface area (Å²) in [5, 5.41) is 12.8. The van der Waals surface area contributed by atoms with Crippen LogP contribution in [0.1, 0.15) is 58.5 Å². The fourth-order valence-corrected chi connectivity index (χ4v) is 3.82. The molecule has 148 valence electrons. The van der Waals surface area contributed by atoms with Crippen LogP contribution in [0.3, 0.4) is 0 Å². The van der Waals surface area contributed by atoms with Crippen LogP contribution in [0.2, 0.25) is 0 Å². The van der Waals surface area contributed by atoms with Crippen molar-refractivity contribution in [2.75, 3.05) is 26.2 Å². The summed E-state index contributed by atoms with van der Waals surface area (Å²) < 4.78 is 2.01. The molecule has 3 rings (SSSR count). The average molecular weight is 371 g/mol. The second-order valence-electron chi connectivity index (χ2n) is 9.06. The molecule has 0 radical (unpaired) electrons. The smallest absolute Gasteiger partial charge is 0.168 e. The molecule has 1 saturated heterocycles. The van der Waals surface area contributed by atoms with Crippen molar-refractivity contribution in [2.45, 2.75) is 59.2 Å². The quantitative estimate of drug-likeness (QED) is 0.781. The molecular weight excluding hydrogens is 336 g/mol. The monoisotopic (exact) mass is 370 g/mol. The summed E-state index contributed by atoms with van der Waals surface area (Å²) in [6.45, 7) is 16.4. The van der Waals surface area contributed by atoms with Gasteiger partial charge in [-0.05, 0) is 49.1 Å². The Morgan fingerprint density at radius 3 is 2.26 bits per heavy atom. The second kappa shape index (κ2) is 8.48. The maximum atomic E-state index is 4.44. The van der Waals surface area contributed by atoms with Crippen LogP contribution >= 0.6 is 0 Å². The topological polar surface area (TPSA) is 50.1 Å². The first-order chi connectivity index (χ1) is 12.8. The third-order valence-electron chi connectivity index (χ3n) is 5.22. The van der Waals surface area contributed by atoms with Gasteiger partial charge < -0.3 is 0 Å². The molecule has 0 amide bonds. The van der Waals surface area contributed by atoms with Gasteiger partial charge in [-0.3, -0.25) is 9.80 Å². The summed E-state index contributed by atoms with van der Waals surface area (Å²) in [5.41, 5.74) is 1.28. The van der Waals surface area contributed by atoms with E-state index < -0.39 is 0 Å². The van der Waals surface area contributed by atoms with Crippen LogP contribution in [0.25, 0.3) is 0 Å². The van der Waals surface area contributed by atoms with Crippen LogP contribution < -0.4 is 0 Å². The third kappa shape index (κ3) is 5.14. The Bertz CT molecular complexity index is 695. The normalized spacial score (nSPS) is 18.1. The first-order valence-electron chi connectivity index (χ1n) is 10.1. The number of piperazine rings is 1. The molecule has 1 aromatic carbocycles. The van der Waals surface area contributed by atoms with Crippen LogP contribution in [-0.4, -0.2) is 56.2 Å². The third-order valence-corrected chi connectivity index (χ3v) is 5.22. The lowest BCUT2D eigenvalue weighted by Gasteiger charge is -2.40. The van der Waals surface area contributed by atoms with Gasteiger partial charge in [0.15, 0.2) is 5.82 Å². The van der Waals surface area contributed by atoms with Gasteiger partial charge in [-0.1, -0.05) is 44.2 Å². The summed E-state index contributed by atoms with van der Waals surface area (Å²) in [5.74, 6) is 1.61. The first-order valence-corrected chi connectivity index (χ1v) is 10.1. The van der Waals surface area contributed by atoms with Crippen LogP contribution in [-0.2, 0) is 12.1 Å². The predicted molar refractivity (Wildman–Crippen MR) is 108 cm³/mol. The minimum atomic E-state index is -0.108. The summed E-state index contributed by atoms with van der Waals surface area (Å²) in [4.78, 5) is 5.13. The number of nitrogens with zero attached hydrogens (tertiary/aromatic N) is 6. The van der Waals surface area contributed by atoms with Crippen LogP contribution in [0.4, 0.5) is 0 Å². The Hall–Kier alpha value is -1.79. The van der Waals surface area contributed by atoms with Crippen molar-refractivity contribution in [2.24, 2.45) is 5.92 Å². The van der Waals surface area contributed by atoms with Crippen LogP contribution in [0.5, 0.6) is 0 Å². The zero-order valence-corrected chi connectivity index (χ0v) is 17.5. The standard InChI is InChI=1S/C21H34N6/c1-17(2)15-19(20-22-23-24-27(20)21(3,4)5)26-13-11-25(12-14-26)16-18-9-7-6-8-10-18/h6-10,17,19H,11-16H2,1-5H3/t19-/m1/s1. The van der Waals surface area contributed by atoms with E-state index in [2.05, 4.69) is 90.3 Å². The van der Waals surface area contributed by atoms with Crippen molar-refractivity contribution in [1.29, 1.82) is 0 Å². The molecule has 0 spiro atoms. The van der Waals surface area contributed by atoms with E-state index in [1.54, 1.807) is 0 Å². The summed E-state index contributed by atoms with van der Waals surface area (Å²) in [7, 11) is 0. The minimum absolute atomic E-state index is 0.108. The summed E-state index contributed by atoms with van der Waals surface area (Å²) >= 11 is 0. The maximum absolute atomic E-state index is 4.44. The lowest BCUT2D eigenvalue weighted by Crippen LogP contribution is -2.48. The van der Waals surface area contributed by atoms with Gasteiger partial charge in [0.05, 0.1) is 11.6 Å². The molecule has 6 nitrogen and oxygen atoms in total. The molecule has 0 bridgehead atoms. The van der Waals surface area contributed by atoms with Gasteiger partial charge in [0.2, 0.25) is 0 Å². The first kappa shape index (κ1) is 20.0. The Labute approximate surface area is 163 Å². The number of rotatable bonds is 6. The Morgan fingerprint density at radius 2 is 1.67 bits per heavy atom. The van der Waals surface area contributed by atoms with E-state index in [1.807, 2.05) is 4.68 Å². The molecule has 27 heavy (non-hydrogen) atoms. The van der Waals surface area contributed by atoms with Gasteiger partial charge >= 0.3 is 0 Å². The van der Waals surface area contributed by atoms with Gasteiger partial charge in [-0.25, -0.2) is 4.68 Å². The second-order valence-corrected chi connectivity index (χ2v) is 9.06. The van der Waals surface area contributed by atoms with E-state index in [-0.39, 0.29) is 11.6 Å². The van der Waals surface area contributed by atoms with Crippen LogP contribution in [0, 0.1) is 5.92 Å². The molecule has 0 N–H and O–H groups in total. The largest absolute Gasteiger partial charge is 0.297 e. The highest BCUT2D eigenvalue weighted by Gasteiger charge is 2.32. The molecule has 1 aromatic heterocycles. The molecule has 6 heteroatoms. The maximum Gasteiger partial charge on any atom is 0.168 e. The van der Waals surface area contributed by atoms with E-state index in [0.717, 1.165) is 45.0 Å². The van der Waals surface area contributed by atoms with Crippen molar-refractivity contribution in [3.8, 4) is 0 Å². The van der Waals surface area contributed by atoms with E-state index in [9.17, 15) is 0 Å². The van der Waals surface area contributed by atoms with Crippen molar-refractivity contribution in [3.63, 3.8) is 0 Å². The molecule has 1 atom stereocenters. The van der Waals surface area contributed by atoms with E-state index >= 15 is 0 Å². The average Bonchev–Trinajstić information content (AvgIpc) is 3.11. The lowest BCUT2D eigenvalue weighted by molar-refractivity contribution is 0.0744. The highest BCUT2D eigenvalue weighted by Crippen LogP contribution is 2.29. The molecule has 2 heterocycles. The van der Waals surface area contributed by atoms with Gasteiger partial charge in [0, 0.05) is 32.7 Å². The molecule has 0 aliphatic carbocycles. The zero-order valence-electron chi connectivity index (χ0n) is 17.5. The fourth-order valence-electron chi connectivity index (χ4n) is 3.82. The molecule has 0 saturated carbocycles. The van der Waals surface area contributed by atoms with Crippen molar-refractivity contribution in [1.82, 2.24) is 30.0 Å². The highest BCUT2D eigenvalue weighted by atomic mass is 15.6. The number of hydrogen-bond acceptors (Lipinski definition) is 5. The molecule has 1 aliphatic rings. The zero-order chi connectivity index (χ0) is 19.4. The number of hydrogen-bond donors (Lipinski definition) is 0. The van der Waals surface area contributed by atoms with E-state index in [1.165, 1.54) is 5.56 Å². The number of tetrazole rings is 1. The van der Waals surface area contributed by atoms with Crippen molar-refractivity contribution in [3.05, 3.63) is 41.7 Å². The van der Waals surface area contributed by atoms with E-state index in [0.29, 0.717) is 5.92 Å². The van der Waals surface area contributed by atoms with Crippen LogP contribution in [0.15, 0.2) is 30.3 Å². The van der Waals surface area contributed by atoms with Crippen molar-refractivity contribution >= 4 is 0 Å². The molecule has 2 aromatic rings. The Morgan fingerprint density at radius 1 is 1.00 bits per heavy atom. The minimum Gasteiger partial charge on any atom is -0.297 e. The SMILES string of the molecule is CC(C)C[C@H](c1nnnn1C(C)(C)C)N1CCN(Cc2ccccc2)CC1. The van der Waals surface area contributed by atoms with Crippen molar-refractivity contribution < 1.29 is 0 Å². The Balaban J connectivity index is 1.70. The molecular formula is C21H34N6. The number of benzene rings is 1. The lowest BCUT2D eigenvalue weighted by atomic mass is 9.99. The Kier molecular flexibility index (Phi) is 6.27. The molecule has 1 aliphatic heterocycles.